The van der Waals surface area contributed by atoms with Gasteiger partial charge in [0.1, 0.15) is 0 Å². The van der Waals surface area contributed by atoms with Crippen LogP contribution in [0.25, 0.3) is 0 Å². The van der Waals surface area contributed by atoms with Crippen molar-refractivity contribution < 1.29 is 14.7 Å². The van der Waals surface area contributed by atoms with Crippen LogP contribution in [-0.2, 0) is 4.79 Å². The number of pyridine rings is 1. The predicted molar refractivity (Wildman–Crippen MR) is 73.4 cm³/mol. The zero-order chi connectivity index (χ0) is 14.5. The molecule has 0 radical (unpaired) electrons. The summed E-state index contributed by atoms with van der Waals surface area (Å²) < 4.78 is 0. The second-order valence-electron chi connectivity index (χ2n) is 4.99. The molecular formula is C14H19N3O3. The van der Waals surface area contributed by atoms with Crippen LogP contribution in [0, 0.1) is 0 Å². The predicted octanol–water partition coefficient (Wildman–Crippen LogP) is 0.749. The average Bonchev–Trinajstić information content (AvgIpc) is 2.40. The number of amides is 1. The van der Waals surface area contributed by atoms with Crippen molar-refractivity contribution in [3.63, 3.8) is 0 Å². The molecule has 1 saturated carbocycles. The van der Waals surface area contributed by atoms with Gasteiger partial charge in [0.15, 0.2) is 0 Å². The van der Waals surface area contributed by atoms with Crippen molar-refractivity contribution in [3.8, 4) is 0 Å². The van der Waals surface area contributed by atoms with Gasteiger partial charge in [-0.05, 0) is 31.5 Å². The molecule has 108 valence electrons. The highest BCUT2D eigenvalue weighted by Gasteiger charge is 2.34. The van der Waals surface area contributed by atoms with Crippen molar-refractivity contribution in [2.75, 3.05) is 13.1 Å². The molecule has 1 aliphatic carbocycles. The van der Waals surface area contributed by atoms with Crippen LogP contribution in [0.4, 0.5) is 0 Å². The standard InChI is InChI=1S/C14H19N3O3/c1-2-17(9-13(18)19)12-6-11(7-12)16-14(20)10-4-3-5-15-8-10/h3-5,8,11-12H,2,6-7,9H2,1H3,(H,16,20)(H,18,19). The SMILES string of the molecule is CCN(CC(=O)O)C1CC(NC(=O)c2cccnc2)C1. The first kappa shape index (κ1) is 14.5. The minimum absolute atomic E-state index is 0.0600. The van der Waals surface area contributed by atoms with E-state index in [1.165, 1.54) is 6.20 Å². The first-order valence-electron chi connectivity index (χ1n) is 6.77. The molecule has 1 amide bonds. The lowest BCUT2D eigenvalue weighted by molar-refractivity contribution is -0.139. The lowest BCUT2D eigenvalue weighted by Gasteiger charge is -2.42. The Labute approximate surface area is 117 Å². The Morgan fingerprint density at radius 1 is 1.50 bits per heavy atom. The highest BCUT2D eigenvalue weighted by molar-refractivity contribution is 5.94. The number of hydrogen-bond acceptors (Lipinski definition) is 4. The van der Waals surface area contributed by atoms with Crippen molar-refractivity contribution in [3.05, 3.63) is 30.1 Å². The number of aromatic nitrogens is 1. The first-order chi connectivity index (χ1) is 9.60. The maximum Gasteiger partial charge on any atom is 0.317 e. The molecule has 0 atom stereocenters. The van der Waals surface area contributed by atoms with Gasteiger partial charge in [0.2, 0.25) is 0 Å². The fourth-order valence-electron chi connectivity index (χ4n) is 2.44. The van der Waals surface area contributed by atoms with Crippen LogP contribution in [0.5, 0.6) is 0 Å². The van der Waals surface area contributed by atoms with Crippen LogP contribution in [-0.4, -0.2) is 52.0 Å². The number of rotatable bonds is 6. The third kappa shape index (κ3) is 3.54. The average molecular weight is 277 g/mol. The van der Waals surface area contributed by atoms with Gasteiger partial charge in [-0.2, -0.15) is 0 Å². The van der Waals surface area contributed by atoms with Crippen molar-refractivity contribution in [2.24, 2.45) is 0 Å². The van der Waals surface area contributed by atoms with Gasteiger partial charge < -0.3 is 10.4 Å². The molecule has 1 heterocycles. The number of nitrogens with one attached hydrogen (secondary N) is 1. The van der Waals surface area contributed by atoms with Crippen molar-refractivity contribution >= 4 is 11.9 Å². The number of carboxylic acids is 1. The van der Waals surface area contributed by atoms with E-state index in [4.69, 9.17) is 5.11 Å². The van der Waals surface area contributed by atoms with Gasteiger partial charge in [-0.1, -0.05) is 6.92 Å². The molecule has 1 aliphatic rings. The van der Waals surface area contributed by atoms with E-state index >= 15 is 0 Å². The van der Waals surface area contributed by atoms with E-state index in [0.717, 1.165) is 12.8 Å². The summed E-state index contributed by atoms with van der Waals surface area (Å²) in [6.07, 6.45) is 4.76. The summed E-state index contributed by atoms with van der Waals surface area (Å²) in [6.45, 7) is 2.72. The minimum atomic E-state index is -0.810. The van der Waals surface area contributed by atoms with Crippen LogP contribution < -0.4 is 5.32 Å². The molecule has 6 heteroatoms. The quantitative estimate of drug-likeness (QED) is 0.801. The second-order valence-corrected chi connectivity index (χ2v) is 4.99. The third-order valence-corrected chi connectivity index (χ3v) is 3.63. The summed E-state index contributed by atoms with van der Waals surface area (Å²) in [4.78, 5) is 28.5. The highest BCUT2D eigenvalue weighted by Crippen LogP contribution is 2.25. The number of nitrogens with zero attached hydrogens (tertiary/aromatic N) is 2. The Morgan fingerprint density at radius 2 is 2.25 bits per heavy atom. The topological polar surface area (TPSA) is 82.5 Å². The normalized spacial score (nSPS) is 21.3. The van der Waals surface area contributed by atoms with Crippen LogP contribution in [0.3, 0.4) is 0 Å². The number of likely N-dealkylation sites (N-methyl/N-ethyl adjacent to an activating group) is 1. The van der Waals surface area contributed by atoms with Gasteiger partial charge in [-0.25, -0.2) is 0 Å². The Morgan fingerprint density at radius 3 is 2.80 bits per heavy atom. The molecule has 1 aromatic heterocycles. The molecule has 6 nitrogen and oxygen atoms in total. The summed E-state index contributed by atoms with van der Waals surface area (Å²) in [6, 6.07) is 3.82. The molecule has 1 aromatic rings. The smallest absolute Gasteiger partial charge is 0.317 e. The lowest BCUT2D eigenvalue weighted by atomic mass is 9.85. The maximum absolute atomic E-state index is 11.9. The molecular weight excluding hydrogens is 258 g/mol. The largest absolute Gasteiger partial charge is 0.480 e. The molecule has 0 bridgehead atoms. The number of carbonyl (C=O) groups is 2. The van der Waals surface area contributed by atoms with Crippen molar-refractivity contribution in [2.45, 2.75) is 31.8 Å². The van der Waals surface area contributed by atoms with E-state index < -0.39 is 5.97 Å². The Hall–Kier alpha value is -1.95. The van der Waals surface area contributed by atoms with Gasteiger partial charge >= 0.3 is 5.97 Å². The van der Waals surface area contributed by atoms with Gasteiger partial charge in [0, 0.05) is 24.5 Å². The van der Waals surface area contributed by atoms with E-state index in [1.54, 1.807) is 18.3 Å². The van der Waals surface area contributed by atoms with Crippen molar-refractivity contribution in [1.29, 1.82) is 0 Å². The van der Waals surface area contributed by atoms with E-state index in [1.807, 2.05) is 11.8 Å². The summed E-state index contributed by atoms with van der Waals surface area (Å²) in [5, 5.41) is 11.8. The zero-order valence-corrected chi connectivity index (χ0v) is 11.5. The fraction of sp³-hybridized carbons (Fsp3) is 0.500. The molecule has 0 spiro atoms. The van der Waals surface area contributed by atoms with Crippen LogP contribution in [0.15, 0.2) is 24.5 Å². The summed E-state index contributed by atoms with van der Waals surface area (Å²) >= 11 is 0. The molecule has 0 unspecified atom stereocenters. The van der Waals surface area contributed by atoms with Crippen LogP contribution in [0.1, 0.15) is 30.1 Å². The molecule has 0 saturated heterocycles. The van der Waals surface area contributed by atoms with E-state index in [0.29, 0.717) is 12.1 Å². The zero-order valence-electron chi connectivity index (χ0n) is 11.5. The van der Waals surface area contributed by atoms with Gasteiger partial charge in [-0.15, -0.1) is 0 Å². The number of carbonyl (C=O) groups excluding carboxylic acids is 1. The van der Waals surface area contributed by atoms with Crippen molar-refractivity contribution in [1.82, 2.24) is 15.2 Å². The van der Waals surface area contributed by atoms with E-state index in [2.05, 4.69) is 10.3 Å². The lowest BCUT2D eigenvalue weighted by Crippen LogP contribution is -2.54. The second kappa shape index (κ2) is 6.47. The van der Waals surface area contributed by atoms with Crippen LogP contribution >= 0.6 is 0 Å². The third-order valence-electron chi connectivity index (χ3n) is 3.63. The first-order valence-corrected chi connectivity index (χ1v) is 6.77. The highest BCUT2D eigenvalue weighted by atomic mass is 16.4. The Kier molecular flexibility index (Phi) is 4.68. The maximum atomic E-state index is 11.9. The molecule has 0 aliphatic heterocycles. The van der Waals surface area contributed by atoms with Gasteiger partial charge in [0.05, 0.1) is 12.1 Å². The number of aliphatic carboxylic acids is 1. The van der Waals surface area contributed by atoms with E-state index in [9.17, 15) is 9.59 Å². The Balaban J connectivity index is 1.79. The molecule has 1 fully saturated rings. The van der Waals surface area contributed by atoms with E-state index in [-0.39, 0.29) is 24.5 Å². The minimum Gasteiger partial charge on any atom is -0.480 e. The fourth-order valence-corrected chi connectivity index (χ4v) is 2.44. The summed E-state index contributed by atoms with van der Waals surface area (Å²) in [5.41, 5.74) is 0.550. The molecule has 20 heavy (non-hydrogen) atoms. The Bertz CT molecular complexity index is 472. The summed E-state index contributed by atoms with van der Waals surface area (Å²) in [7, 11) is 0. The molecule has 2 N–H and O–H groups in total. The molecule has 0 aromatic carbocycles. The monoisotopic (exact) mass is 277 g/mol. The number of hydrogen-bond donors (Lipinski definition) is 2. The van der Waals surface area contributed by atoms with Crippen LogP contribution in [0.2, 0.25) is 0 Å². The summed E-state index contributed by atoms with van der Waals surface area (Å²) in [5.74, 6) is -0.933. The number of carboxylic acid groups (broad SMARTS) is 1. The van der Waals surface area contributed by atoms with Gasteiger partial charge in [-0.3, -0.25) is 19.5 Å². The molecule has 2 rings (SSSR count). The van der Waals surface area contributed by atoms with Gasteiger partial charge in [0.25, 0.3) is 5.91 Å².